The highest BCUT2D eigenvalue weighted by Gasteiger charge is 2.19. The lowest BCUT2D eigenvalue weighted by atomic mass is 10.2. The maximum absolute atomic E-state index is 10.9. The van der Waals surface area contributed by atoms with Gasteiger partial charge in [-0.3, -0.25) is 0 Å². The molecule has 0 bridgehead atoms. The van der Waals surface area contributed by atoms with Crippen molar-refractivity contribution in [3.8, 4) is 5.75 Å². The number of anilines is 1. The van der Waals surface area contributed by atoms with E-state index in [1.165, 1.54) is 0 Å². The Labute approximate surface area is 95.5 Å². The molecule has 0 amide bonds. The number of carboxylic acid groups (broad SMARTS) is 1. The summed E-state index contributed by atoms with van der Waals surface area (Å²) >= 11 is 0. The molecule has 4 heteroatoms. The molecule has 0 aliphatic carbocycles. The molecule has 16 heavy (non-hydrogen) atoms. The monoisotopic (exact) mass is 223 g/mol. The van der Waals surface area contributed by atoms with Crippen molar-refractivity contribution in [3.63, 3.8) is 0 Å². The third-order valence-corrected chi connectivity index (χ3v) is 2.57. The minimum Gasteiger partial charge on any atom is -0.497 e. The van der Waals surface area contributed by atoms with Crippen LogP contribution in [0.15, 0.2) is 24.3 Å². The molecule has 0 saturated heterocycles. The topological polar surface area (TPSA) is 49.8 Å². The van der Waals surface area contributed by atoms with E-state index in [1.807, 2.05) is 36.1 Å². The molecule has 88 valence electrons. The molecule has 0 spiro atoms. The normalized spacial score (nSPS) is 11.9. The van der Waals surface area contributed by atoms with Crippen LogP contribution >= 0.6 is 0 Å². The van der Waals surface area contributed by atoms with Crippen molar-refractivity contribution < 1.29 is 14.6 Å². The van der Waals surface area contributed by atoms with Gasteiger partial charge in [-0.15, -0.1) is 0 Å². The zero-order valence-electron chi connectivity index (χ0n) is 9.80. The van der Waals surface area contributed by atoms with Crippen LogP contribution in [0, 0.1) is 0 Å². The summed E-state index contributed by atoms with van der Waals surface area (Å²) in [6.07, 6.45) is 0. The van der Waals surface area contributed by atoms with Gasteiger partial charge in [-0.2, -0.15) is 0 Å². The predicted molar refractivity (Wildman–Crippen MR) is 63.1 cm³/mol. The zero-order valence-corrected chi connectivity index (χ0v) is 9.80. The van der Waals surface area contributed by atoms with Gasteiger partial charge >= 0.3 is 5.97 Å². The second-order valence-electron chi connectivity index (χ2n) is 3.50. The van der Waals surface area contributed by atoms with Crippen molar-refractivity contribution in [2.45, 2.75) is 19.9 Å². The number of ether oxygens (including phenoxy) is 1. The fourth-order valence-corrected chi connectivity index (χ4v) is 1.59. The Morgan fingerprint density at radius 3 is 2.38 bits per heavy atom. The first kappa shape index (κ1) is 12.4. The van der Waals surface area contributed by atoms with E-state index >= 15 is 0 Å². The zero-order chi connectivity index (χ0) is 12.1. The van der Waals surface area contributed by atoms with Gasteiger partial charge < -0.3 is 14.7 Å². The molecule has 1 unspecified atom stereocenters. The van der Waals surface area contributed by atoms with Crippen molar-refractivity contribution in [2.75, 3.05) is 18.6 Å². The molecule has 0 heterocycles. The molecule has 0 aliphatic heterocycles. The Bertz CT molecular complexity index is 348. The first-order valence-corrected chi connectivity index (χ1v) is 5.23. The van der Waals surface area contributed by atoms with Crippen LogP contribution in [0.3, 0.4) is 0 Å². The van der Waals surface area contributed by atoms with Crippen molar-refractivity contribution in [2.24, 2.45) is 0 Å². The van der Waals surface area contributed by atoms with E-state index in [2.05, 4.69) is 0 Å². The Morgan fingerprint density at radius 1 is 1.44 bits per heavy atom. The second-order valence-corrected chi connectivity index (χ2v) is 3.50. The Kier molecular flexibility index (Phi) is 4.17. The fraction of sp³-hybridized carbons (Fsp3) is 0.417. The molecule has 1 N–H and O–H groups in total. The number of nitrogens with zero attached hydrogens (tertiary/aromatic N) is 1. The van der Waals surface area contributed by atoms with Gasteiger partial charge in [-0.1, -0.05) is 0 Å². The molecule has 0 radical (unpaired) electrons. The van der Waals surface area contributed by atoms with Crippen LogP contribution in [0.2, 0.25) is 0 Å². The molecule has 1 atom stereocenters. The Hall–Kier alpha value is -1.71. The van der Waals surface area contributed by atoms with E-state index in [1.54, 1.807) is 14.0 Å². The highest BCUT2D eigenvalue weighted by molar-refractivity contribution is 5.77. The van der Waals surface area contributed by atoms with Crippen LogP contribution in [0.4, 0.5) is 5.69 Å². The fourth-order valence-electron chi connectivity index (χ4n) is 1.59. The highest BCUT2D eigenvalue weighted by atomic mass is 16.5. The number of benzene rings is 1. The van der Waals surface area contributed by atoms with Gasteiger partial charge in [0.2, 0.25) is 0 Å². The molecule has 1 aromatic carbocycles. The standard InChI is InChI=1S/C12H17NO3/c1-4-13(9(2)12(14)15)10-5-7-11(16-3)8-6-10/h5-9H,4H2,1-3H3,(H,14,15). The van der Waals surface area contributed by atoms with Crippen molar-refractivity contribution >= 4 is 11.7 Å². The SMILES string of the molecule is CCN(c1ccc(OC)cc1)C(C)C(=O)O. The van der Waals surface area contributed by atoms with Gasteiger partial charge in [0.05, 0.1) is 7.11 Å². The lowest BCUT2D eigenvalue weighted by Gasteiger charge is -2.27. The number of carbonyl (C=O) groups is 1. The molecular weight excluding hydrogens is 206 g/mol. The van der Waals surface area contributed by atoms with Gasteiger partial charge in [0.1, 0.15) is 11.8 Å². The highest BCUT2D eigenvalue weighted by Crippen LogP contribution is 2.20. The van der Waals surface area contributed by atoms with E-state index in [0.717, 1.165) is 11.4 Å². The first-order chi connectivity index (χ1) is 7.60. The average molecular weight is 223 g/mol. The third-order valence-electron chi connectivity index (χ3n) is 2.57. The van der Waals surface area contributed by atoms with Crippen molar-refractivity contribution in [1.82, 2.24) is 0 Å². The van der Waals surface area contributed by atoms with E-state index in [0.29, 0.717) is 6.54 Å². The minimum absolute atomic E-state index is 0.529. The number of methoxy groups -OCH3 is 1. The van der Waals surface area contributed by atoms with Gasteiger partial charge in [-0.25, -0.2) is 4.79 Å². The number of rotatable bonds is 5. The minimum atomic E-state index is -0.822. The summed E-state index contributed by atoms with van der Waals surface area (Å²) in [5.41, 5.74) is 0.887. The summed E-state index contributed by atoms with van der Waals surface area (Å²) in [5.74, 6) is -0.0551. The Morgan fingerprint density at radius 2 is 2.00 bits per heavy atom. The Balaban J connectivity index is 2.90. The number of carboxylic acids is 1. The molecule has 0 aromatic heterocycles. The quantitative estimate of drug-likeness (QED) is 0.829. The summed E-state index contributed by atoms with van der Waals surface area (Å²) in [6, 6.07) is 6.85. The first-order valence-electron chi connectivity index (χ1n) is 5.23. The van der Waals surface area contributed by atoms with Crippen molar-refractivity contribution in [3.05, 3.63) is 24.3 Å². The van der Waals surface area contributed by atoms with Crippen LogP contribution in [0.25, 0.3) is 0 Å². The van der Waals surface area contributed by atoms with Crippen LogP contribution in [-0.4, -0.2) is 30.8 Å². The maximum Gasteiger partial charge on any atom is 0.326 e. The summed E-state index contributed by atoms with van der Waals surface area (Å²) in [6.45, 7) is 4.26. The van der Waals surface area contributed by atoms with Crippen LogP contribution in [0.1, 0.15) is 13.8 Å². The predicted octanol–water partition coefficient (Wildman–Crippen LogP) is 1.99. The van der Waals surface area contributed by atoms with Gasteiger partial charge in [0.25, 0.3) is 0 Å². The summed E-state index contributed by atoms with van der Waals surface area (Å²) in [5, 5.41) is 8.98. The number of hydrogen-bond donors (Lipinski definition) is 1. The van der Waals surface area contributed by atoms with Gasteiger partial charge in [0, 0.05) is 12.2 Å². The average Bonchev–Trinajstić information content (AvgIpc) is 2.30. The van der Waals surface area contributed by atoms with Crippen LogP contribution in [0.5, 0.6) is 5.75 Å². The molecule has 0 saturated carbocycles. The largest absolute Gasteiger partial charge is 0.497 e. The summed E-state index contributed by atoms with van der Waals surface area (Å²) in [7, 11) is 1.60. The van der Waals surface area contributed by atoms with E-state index in [-0.39, 0.29) is 0 Å². The lowest BCUT2D eigenvalue weighted by molar-refractivity contribution is -0.138. The van der Waals surface area contributed by atoms with Gasteiger partial charge in [-0.05, 0) is 38.1 Å². The lowest BCUT2D eigenvalue weighted by Crippen LogP contribution is -2.38. The smallest absolute Gasteiger partial charge is 0.326 e. The molecule has 1 rings (SSSR count). The molecule has 0 fully saturated rings. The summed E-state index contributed by atoms with van der Waals surface area (Å²) < 4.78 is 5.06. The van der Waals surface area contributed by atoms with E-state index in [4.69, 9.17) is 9.84 Å². The van der Waals surface area contributed by atoms with E-state index in [9.17, 15) is 4.79 Å². The third kappa shape index (κ3) is 2.66. The summed E-state index contributed by atoms with van der Waals surface area (Å²) in [4.78, 5) is 12.8. The second kappa shape index (κ2) is 5.39. The molecule has 1 aromatic rings. The maximum atomic E-state index is 10.9. The number of hydrogen-bond acceptors (Lipinski definition) is 3. The number of aliphatic carboxylic acids is 1. The van der Waals surface area contributed by atoms with E-state index < -0.39 is 12.0 Å². The molecular formula is C12H17NO3. The van der Waals surface area contributed by atoms with Crippen molar-refractivity contribution in [1.29, 1.82) is 0 Å². The van der Waals surface area contributed by atoms with Gasteiger partial charge in [0.15, 0.2) is 0 Å². The van der Waals surface area contributed by atoms with Crippen LogP contribution < -0.4 is 9.64 Å². The van der Waals surface area contributed by atoms with Crippen LogP contribution in [-0.2, 0) is 4.79 Å². The molecule has 4 nitrogen and oxygen atoms in total. The molecule has 0 aliphatic rings. The number of likely N-dealkylation sites (N-methyl/N-ethyl adjacent to an activating group) is 1.